The third-order valence-electron chi connectivity index (χ3n) is 5.81. The number of rotatable bonds is 4. The number of amides is 2. The minimum absolute atomic E-state index is 0.0523. The first-order chi connectivity index (χ1) is 15.0. The van der Waals surface area contributed by atoms with Gasteiger partial charge in [0.25, 0.3) is 5.91 Å². The van der Waals surface area contributed by atoms with Gasteiger partial charge in [-0.05, 0) is 61.4 Å². The second-order valence-corrected chi connectivity index (χ2v) is 7.83. The normalized spacial score (nSPS) is 17.7. The number of phenolic OH excluding ortho intramolecular Hbond substituents is 1. The quantitative estimate of drug-likeness (QED) is 0.629. The molecule has 2 unspecified atom stereocenters. The Hall–Kier alpha value is -3.60. The van der Waals surface area contributed by atoms with Crippen molar-refractivity contribution in [3.63, 3.8) is 0 Å². The van der Waals surface area contributed by atoms with Gasteiger partial charge in [-0.25, -0.2) is 0 Å². The van der Waals surface area contributed by atoms with Crippen LogP contribution in [-0.4, -0.2) is 23.0 Å². The number of nitrogens with zero attached hydrogens (tertiary/aromatic N) is 2. The Morgan fingerprint density at radius 2 is 1.61 bits per heavy atom. The maximum atomic E-state index is 13.4. The fourth-order valence-electron chi connectivity index (χ4n) is 4.34. The van der Waals surface area contributed by atoms with E-state index in [1.807, 2.05) is 73.3 Å². The molecule has 2 amide bonds. The summed E-state index contributed by atoms with van der Waals surface area (Å²) < 4.78 is 0. The fourth-order valence-corrected chi connectivity index (χ4v) is 4.34. The Labute approximate surface area is 182 Å². The number of phenols is 1. The van der Waals surface area contributed by atoms with E-state index in [1.54, 1.807) is 17.0 Å². The maximum absolute atomic E-state index is 13.4. The summed E-state index contributed by atoms with van der Waals surface area (Å²) >= 11 is 0. The van der Waals surface area contributed by atoms with Crippen LogP contribution in [0.5, 0.6) is 5.75 Å². The summed E-state index contributed by atoms with van der Waals surface area (Å²) in [6.07, 6.45) is 1.03. The first kappa shape index (κ1) is 20.7. The summed E-state index contributed by atoms with van der Waals surface area (Å²) in [5.74, 6) is 0.0586. The van der Waals surface area contributed by atoms with E-state index in [2.05, 4.69) is 0 Å². The number of carbonyl (C=O) groups excluding carboxylic acids is 2. The zero-order valence-electron chi connectivity index (χ0n) is 17.7. The lowest BCUT2D eigenvalue weighted by molar-refractivity contribution is -0.118. The Morgan fingerprint density at radius 1 is 0.968 bits per heavy atom. The molecule has 0 radical (unpaired) electrons. The Balaban J connectivity index is 1.78. The lowest BCUT2D eigenvalue weighted by Gasteiger charge is -2.43. The van der Waals surface area contributed by atoms with Crippen LogP contribution >= 0.6 is 0 Å². The van der Waals surface area contributed by atoms with E-state index in [4.69, 9.17) is 0 Å². The highest BCUT2D eigenvalue weighted by atomic mass is 16.3. The number of benzene rings is 3. The Morgan fingerprint density at radius 3 is 2.29 bits per heavy atom. The van der Waals surface area contributed by atoms with E-state index in [0.717, 1.165) is 16.9 Å². The van der Waals surface area contributed by atoms with Crippen LogP contribution in [0.25, 0.3) is 0 Å². The first-order valence-corrected chi connectivity index (χ1v) is 10.6. The SMILES string of the molecule is CCC(=O)N(c1ccccc1)C1CC(C)N(C(=O)c2ccc(O)cc2)c2ccccc21. The van der Waals surface area contributed by atoms with Crippen molar-refractivity contribution in [1.82, 2.24) is 0 Å². The van der Waals surface area contributed by atoms with Gasteiger partial charge in [0.15, 0.2) is 0 Å². The van der Waals surface area contributed by atoms with E-state index >= 15 is 0 Å². The van der Waals surface area contributed by atoms with Crippen LogP contribution in [0.3, 0.4) is 0 Å². The van der Waals surface area contributed by atoms with Crippen LogP contribution < -0.4 is 9.80 Å². The lowest BCUT2D eigenvalue weighted by Crippen LogP contribution is -2.47. The van der Waals surface area contributed by atoms with E-state index < -0.39 is 0 Å². The minimum Gasteiger partial charge on any atom is -0.508 e. The monoisotopic (exact) mass is 414 g/mol. The predicted octanol–water partition coefficient (Wildman–Crippen LogP) is 5.32. The maximum Gasteiger partial charge on any atom is 0.258 e. The van der Waals surface area contributed by atoms with Crippen LogP contribution in [0.2, 0.25) is 0 Å². The molecule has 0 aromatic heterocycles. The number of aromatic hydroxyl groups is 1. The third kappa shape index (κ3) is 3.91. The smallest absolute Gasteiger partial charge is 0.258 e. The number of anilines is 2. The van der Waals surface area contributed by atoms with Gasteiger partial charge in [0.05, 0.1) is 6.04 Å². The molecular formula is C26H26N2O3. The molecule has 0 saturated heterocycles. The van der Waals surface area contributed by atoms with Gasteiger partial charge in [0, 0.05) is 29.4 Å². The van der Waals surface area contributed by atoms with Crippen molar-refractivity contribution in [1.29, 1.82) is 0 Å². The molecule has 158 valence electrons. The summed E-state index contributed by atoms with van der Waals surface area (Å²) in [6.45, 7) is 3.89. The Kier molecular flexibility index (Phi) is 5.76. The topological polar surface area (TPSA) is 60.9 Å². The van der Waals surface area contributed by atoms with Crippen LogP contribution in [-0.2, 0) is 4.79 Å². The van der Waals surface area contributed by atoms with Crippen molar-refractivity contribution in [3.8, 4) is 5.75 Å². The van der Waals surface area contributed by atoms with Crippen molar-refractivity contribution in [2.24, 2.45) is 0 Å². The molecule has 1 heterocycles. The van der Waals surface area contributed by atoms with Gasteiger partial charge in [0.1, 0.15) is 5.75 Å². The Bertz CT molecular complexity index is 1080. The van der Waals surface area contributed by atoms with E-state index in [0.29, 0.717) is 18.4 Å². The average Bonchev–Trinajstić information content (AvgIpc) is 2.80. The van der Waals surface area contributed by atoms with Crippen molar-refractivity contribution in [2.75, 3.05) is 9.80 Å². The van der Waals surface area contributed by atoms with E-state index in [9.17, 15) is 14.7 Å². The summed E-state index contributed by atoms with van der Waals surface area (Å²) in [6, 6.07) is 23.6. The molecular weight excluding hydrogens is 388 g/mol. The van der Waals surface area contributed by atoms with Gasteiger partial charge < -0.3 is 14.9 Å². The molecule has 0 aliphatic carbocycles. The number of fused-ring (bicyclic) bond motifs is 1. The molecule has 1 N–H and O–H groups in total. The molecule has 1 aliphatic heterocycles. The zero-order valence-corrected chi connectivity index (χ0v) is 17.7. The number of hydrogen-bond donors (Lipinski definition) is 1. The molecule has 2 atom stereocenters. The molecule has 5 heteroatoms. The minimum atomic E-state index is -0.162. The fraction of sp³-hybridized carbons (Fsp3) is 0.231. The van der Waals surface area contributed by atoms with E-state index in [-0.39, 0.29) is 29.6 Å². The van der Waals surface area contributed by atoms with Gasteiger partial charge >= 0.3 is 0 Å². The van der Waals surface area contributed by atoms with Gasteiger partial charge in [-0.3, -0.25) is 9.59 Å². The number of para-hydroxylation sites is 2. The highest BCUT2D eigenvalue weighted by Gasteiger charge is 2.38. The van der Waals surface area contributed by atoms with Gasteiger partial charge in [-0.1, -0.05) is 43.3 Å². The summed E-state index contributed by atoms with van der Waals surface area (Å²) in [5, 5.41) is 9.58. The number of hydrogen-bond acceptors (Lipinski definition) is 3. The van der Waals surface area contributed by atoms with Crippen molar-refractivity contribution in [2.45, 2.75) is 38.8 Å². The van der Waals surface area contributed by atoms with Crippen molar-refractivity contribution >= 4 is 23.2 Å². The van der Waals surface area contributed by atoms with Crippen LogP contribution in [0.4, 0.5) is 11.4 Å². The molecule has 3 aromatic carbocycles. The zero-order chi connectivity index (χ0) is 22.0. The largest absolute Gasteiger partial charge is 0.508 e. The number of carbonyl (C=O) groups is 2. The molecule has 1 aliphatic rings. The van der Waals surface area contributed by atoms with Crippen molar-refractivity contribution in [3.05, 3.63) is 90.0 Å². The summed E-state index contributed by atoms with van der Waals surface area (Å²) in [5.41, 5.74) is 3.15. The standard InChI is InChI=1S/C26H26N2O3/c1-3-25(30)28(20-9-5-4-6-10-20)24-17-18(2)27(23-12-8-7-11-22(23)24)26(31)19-13-15-21(29)16-14-19/h4-16,18,24,29H,3,17H2,1-2H3. The molecule has 5 nitrogen and oxygen atoms in total. The van der Waals surface area contributed by atoms with Gasteiger partial charge in [0.2, 0.25) is 5.91 Å². The molecule has 0 spiro atoms. The van der Waals surface area contributed by atoms with Gasteiger partial charge in [-0.2, -0.15) is 0 Å². The second-order valence-electron chi connectivity index (χ2n) is 7.83. The predicted molar refractivity (Wildman–Crippen MR) is 122 cm³/mol. The second kappa shape index (κ2) is 8.64. The van der Waals surface area contributed by atoms with Crippen LogP contribution in [0, 0.1) is 0 Å². The lowest BCUT2D eigenvalue weighted by atomic mass is 9.89. The highest BCUT2D eigenvalue weighted by Crippen LogP contribution is 2.42. The van der Waals surface area contributed by atoms with Crippen LogP contribution in [0.15, 0.2) is 78.9 Å². The average molecular weight is 415 g/mol. The molecule has 0 saturated carbocycles. The molecule has 31 heavy (non-hydrogen) atoms. The molecule has 0 fully saturated rings. The van der Waals surface area contributed by atoms with Crippen LogP contribution in [0.1, 0.15) is 48.7 Å². The molecule has 3 aromatic rings. The van der Waals surface area contributed by atoms with Crippen molar-refractivity contribution < 1.29 is 14.7 Å². The first-order valence-electron chi connectivity index (χ1n) is 10.6. The third-order valence-corrected chi connectivity index (χ3v) is 5.81. The molecule has 0 bridgehead atoms. The highest BCUT2D eigenvalue weighted by molar-refractivity contribution is 6.07. The molecule has 4 rings (SSSR count). The summed E-state index contributed by atoms with van der Waals surface area (Å²) in [4.78, 5) is 30.1. The van der Waals surface area contributed by atoms with Gasteiger partial charge in [-0.15, -0.1) is 0 Å². The summed E-state index contributed by atoms with van der Waals surface area (Å²) in [7, 11) is 0. The van der Waals surface area contributed by atoms with E-state index in [1.165, 1.54) is 12.1 Å².